The first kappa shape index (κ1) is 34.0. The number of hydrogen-bond acceptors (Lipinski definition) is 9. The lowest BCUT2D eigenvalue weighted by Crippen LogP contribution is -2.48. The number of nitrogens with zero attached hydrogens (tertiary/aromatic N) is 5. The molecule has 1 aromatic heterocycles. The minimum Gasteiger partial charge on any atom is -0.457 e. The van der Waals surface area contributed by atoms with Gasteiger partial charge in [0, 0.05) is 45.3 Å². The molecule has 252 valence electrons. The first-order chi connectivity index (χ1) is 21.9. The Morgan fingerprint density at radius 2 is 1.85 bits per heavy atom. The number of carbonyl (C=O) groups excluding carboxylic acids is 2. The van der Waals surface area contributed by atoms with E-state index in [2.05, 4.69) is 22.1 Å². The molecule has 2 saturated heterocycles. The molecule has 46 heavy (non-hydrogen) atoms. The Balaban J connectivity index is 1.41. The van der Waals surface area contributed by atoms with Crippen molar-refractivity contribution in [2.24, 2.45) is 11.8 Å². The Bertz CT molecular complexity index is 1440. The average Bonchev–Trinajstić information content (AvgIpc) is 3.46. The smallest absolute Gasteiger partial charge is 0.410 e. The van der Waals surface area contributed by atoms with E-state index in [1.807, 2.05) is 52.1 Å². The van der Waals surface area contributed by atoms with E-state index in [0.717, 1.165) is 25.9 Å². The van der Waals surface area contributed by atoms with Crippen LogP contribution in [-0.2, 0) is 24.5 Å². The van der Waals surface area contributed by atoms with Crippen molar-refractivity contribution in [2.45, 2.75) is 83.6 Å². The van der Waals surface area contributed by atoms with Gasteiger partial charge in [0.25, 0.3) is 0 Å². The van der Waals surface area contributed by atoms with Gasteiger partial charge in [0.15, 0.2) is 5.82 Å². The average molecular weight is 642 g/mol. The number of fused-ring (bicyclic) bond motifs is 1. The zero-order valence-electron chi connectivity index (χ0n) is 27.7. The molecule has 0 saturated carbocycles. The SMILES string of the molecule is C/C(=C\c1cc(F)c2nnn(C3(C)CCOCC3)c2c1)[C@H]1OC(=O)C[C@H](O)CC[C@H](C)[C@@H](OC(=O)N2CCN(C)CC2)/C=C\[C@@H]1C. The van der Waals surface area contributed by atoms with Gasteiger partial charge in [-0.05, 0) is 81.8 Å². The number of aliphatic hydroxyl groups is 1. The van der Waals surface area contributed by atoms with Gasteiger partial charge in [-0.1, -0.05) is 31.2 Å². The summed E-state index contributed by atoms with van der Waals surface area (Å²) in [5, 5.41) is 19.1. The molecule has 11 nitrogen and oxygen atoms in total. The standard InChI is InChI=1S/C34H48FN5O6/c1-22-6-8-26(41)21-30(42)46-32(23(2)7-9-29(22)45-33(43)39-14-12-38(5)13-15-39)24(3)18-25-19-27(35)31-28(20-25)40(37-36-31)34(4)10-16-44-17-11-34/h7,9,18-20,22-23,26,29,32,41H,6,8,10-17,21H2,1-5H3/b9-7-,24-18+/t22-,23-,26+,29-,32-/m0/s1. The molecule has 12 heteroatoms. The Labute approximate surface area is 270 Å². The fraction of sp³-hybridized carbons (Fsp3) is 0.647. The van der Waals surface area contributed by atoms with E-state index in [0.29, 0.717) is 55.8 Å². The van der Waals surface area contributed by atoms with Gasteiger partial charge in [-0.25, -0.2) is 13.9 Å². The number of hydrogen-bond donors (Lipinski definition) is 1. The fourth-order valence-corrected chi connectivity index (χ4v) is 6.48. The van der Waals surface area contributed by atoms with Crippen LogP contribution in [0.1, 0.15) is 65.4 Å². The number of carbonyl (C=O) groups is 2. The summed E-state index contributed by atoms with van der Waals surface area (Å²) in [7, 11) is 2.03. The van der Waals surface area contributed by atoms with Crippen LogP contribution in [0.4, 0.5) is 9.18 Å². The van der Waals surface area contributed by atoms with Crippen molar-refractivity contribution in [3.63, 3.8) is 0 Å². The number of rotatable bonds is 4. The summed E-state index contributed by atoms with van der Waals surface area (Å²) in [4.78, 5) is 29.9. The number of benzene rings is 1. The normalized spacial score (nSPS) is 29.5. The summed E-state index contributed by atoms with van der Waals surface area (Å²) in [6, 6.07) is 3.27. The van der Waals surface area contributed by atoms with Crippen molar-refractivity contribution < 1.29 is 33.3 Å². The highest BCUT2D eigenvalue weighted by Gasteiger charge is 2.33. The molecule has 0 aliphatic carbocycles. The molecule has 0 radical (unpaired) electrons. The molecule has 1 aromatic carbocycles. The largest absolute Gasteiger partial charge is 0.457 e. The molecule has 2 aromatic rings. The van der Waals surface area contributed by atoms with Crippen LogP contribution in [0.25, 0.3) is 17.1 Å². The molecule has 1 N–H and O–H groups in total. The molecule has 0 unspecified atom stereocenters. The second-order valence-corrected chi connectivity index (χ2v) is 13.6. The Hall–Kier alpha value is -3.35. The van der Waals surface area contributed by atoms with Crippen molar-refractivity contribution in [1.82, 2.24) is 24.8 Å². The highest BCUT2D eigenvalue weighted by molar-refractivity contribution is 5.79. The van der Waals surface area contributed by atoms with Crippen LogP contribution in [0.5, 0.6) is 0 Å². The van der Waals surface area contributed by atoms with Crippen molar-refractivity contribution in [2.75, 3.05) is 46.4 Å². The first-order valence-electron chi connectivity index (χ1n) is 16.4. The molecule has 3 aliphatic heterocycles. The number of amides is 1. The van der Waals surface area contributed by atoms with Gasteiger partial charge < -0.3 is 29.1 Å². The van der Waals surface area contributed by atoms with E-state index in [1.54, 1.807) is 9.58 Å². The molecule has 0 spiro atoms. The summed E-state index contributed by atoms with van der Waals surface area (Å²) >= 11 is 0. The summed E-state index contributed by atoms with van der Waals surface area (Å²) < 4.78 is 34.6. The van der Waals surface area contributed by atoms with Gasteiger partial charge in [0.1, 0.15) is 17.7 Å². The molecule has 5 rings (SSSR count). The number of esters is 1. The topological polar surface area (TPSA) is 119 Å². The maximum Gasteiger partial charge on any atom is 0.410 e. The predicted molar refractivity (Wildman–Crippen MR) is 171 cm³/mol. The molecule has 5 atom stereocenters. The minimum absolute atomic E-state index is 0.0780. The van der Waals surface area contributed by atoms with Gasteiger partial charge in [0.05, 0.1) is 23.6 Å². The van der Waals surface area contributed by atoms with Crippen LogP contribution in [0, 0.1) is 17.7 Å². The third kappa shape index (κ3) is 7.95. The molecule has 4 heterocycles. The maximum absolute atomic E-state index is 15.3. The van der Waals surface area contributed by atoms with E-state index in [-0.39, 0.29) is 35.4 Å². The predicted octanol–water partition coefficient (Wildman–Crippen LogP) is 4.54. The van der Waals surface area contributed by atoms with Gasteiger partial charge in [-0.2, -0.15) is 0 Å². The van der Waals surface area contributed by atoms with E-state index in [1.165, 1.54) is 6.07 Å². The monoisotopic (exact) mass is 641 g/mol. The van der Waals surface area contributed by atoms with E-state index < -0.39 is 30.1 Å². The summed E-state index contributed by atoms with van der Waals surface area (Å²) in [5.74, 6) is -1.38. The second kappa shape index (κ2) is 14.6. The summed E-state index contributed by atoms with van der Waals surface area (Å²) in [5.41, 5.74) is 1.74. The Kier molecular flexibility index (Phi) is 10.8. The first-order valence-corrected chi connectivity index (χ1v) is 16.4. The zero-order valence-corrected chi connectivity index (χ0v) is 27.7. The number of halogens is 1. The Morgan fingerprint density at radius 1 is 1.13 bits per heavy atom. The second-order valence-electron chi connectivity index (χ2n) is 13.6. The molecule has 0 bridgehead atoms. The van der Waals surface area contributed by atoms with Gasteiger partial charge in [0.2, 0.25) is 0 Å². The van der Waals surface area contributed by atoms with Crippen molar-refractivity contribution in [3.8, 4) is 0 Å². The number of piperazine rings is 1. The van der Waals surface area contributed by atoms with E-state index in [9.17, 15) is 14.7 Å². The van der Waals surface area contributed by atoms with E-state index in [4.69, 9.17) is 14.2 Å². The summed E-state index contributed by atoms with van der Waals surface area (Å²) in [6.45, 7) is 11.8. The number of ether oxygens (including phenoxy) is 3. The number of aliphatic hydroxyl groups excluding tert-OH is 1. The van der Waals surface area contributed by atoms with Gasteiger partial charge in [-0.15, -0.1) is 5.10 Å². The lowest BCUT2D eigenvalue weighted by atomic mass is 9.91. The lowest BCUT2D eigenvalue weighted by molar-refractivity contribution is -0.151. The van der Waals surface area contributed by atoms with Crippen molar-refractivity contribution in [1.29, 1.82) is 0 Å². The lowest BCUT2D eigenvalue weighted by Gasteiger charge is -2.33. The highest BCUT2D eigenvalue weighted by atomic mass is 19.1. The van der Waals surface area contributed by atoms with Crippen molar-refractivity contribution >= 4 is 29.2 Å². The third-order valence-corrected chi connectivity index (χ3v) is 9.71. The van der Waals surface area contributed by atoms with Gasteiger partial charge >= 0.3 is 12.1 Å². The van der Waals surface area contributed by atoms with Crippen molar-refractivity contribution in [3.05, 3.63) is 41.2 Å². The van der Waals surface area contributed by atoms with Crippen LogP contribution >= 0.6 is 0 Å². The quantitative estimate of drug-likeness (QED) is 0.379. The molecule has 1 amide bonds. The fourth-order valence-electron chi connectivity index (χ4n) is 6.48. The van der Waals surface area contributed by atoms with E-state index >= 15 is 4.39 Å². The van der Waals surface area contributed by atoms with Crippen LogP contribution in [-0.4, -0.2) is 107 Å². The maximum atomic E-state index is 15.3. The Morgan fingerprint density at radius 3 is 2.57 bits per heavy atom. The highest BCUT2D eigenvalue weighted by Crippen LogP contribution is 2.33. The van der Waals surface area contributed by atoms with Gasteiger partial charge in [-0.3, -0.25) is 4.79 Å². The van der Waals surface area contributed by atoms with Crippen LogP contribution in [0.3, 0.4) is 0 Å². The number of likely N-dealkylation sites (N-methyl/N-ethyl adjacent to an activating group) is 1. The number of cyclic esters (lactones) is 1. The van der Waals surface area contributed by atoms with Crippen LogP contribution < -0.4 is 0 Å². The summed E-state index contributed by atoms with van der Waals surface area (Å²) in [6.07, 6.45) is 5.42. The molecular weight excluding hydrogens is 593 g/mol. The van der Waals surface area contributed by atoms with Crippen LogP contribution in [0.15, 0.2) is 29.9 Å². The molecule has 2 fully saturated rings. The zero-order chi connectivity index (χ0) is 33.0. The molecular formula is C34H48FN5O6. The van der Waals surface area contributed by atoms with Crippen LogP contribution in [0.2, 0.25) is 0 Å². The third-order valence-electron chi connectivity index (χ3n) is 9.71. The minimum atomic E-state index is -0.886. The number of aromatic nitrogens is 3. The molecule has 3 aliphatic rings.